The zero-order valence-corrected chi connectivity index (χ0v) is 10.8. The maximum absolute atomic E-state index is 5.83. The summed E-state index contributed by atoms with van der Waals surface area (Å²) in [5.74, 6) is 0. The molecule has 1 aromatic carbocycles. The third-order valence-corrected chi connectivity index (χ3v) is 3.29. The zero-order chi connectivity index (χ0) is 11.9. The van der Waals surface area contributed by atoms with Crippen LogP contribution in [0.5, 0.6) is 0 Å². The molecule has 1 heterocycles. The first-order chi connectivity index (χ1) is 8.34. The molecule has 1 saturated heterocycles. The summed E-state index contributed by atoms with van der Waals surface area (Å²) in [4.78, 5) is 2.51. The second kappa shape index (κ2) is 6.84. The Morgan fingerprint density at radius 2 is 1.88 bits per heavy atom. The highest BCUT2D eigenvalue weighted by Gasteiger charge is 2.07. The third-order valence-electron chi connectivity index (χ3n) is 3.03. The summed E-state index contributed by atoms with van der Waals surface area (Å²) in [5, 5.41) is 7.57. The van der Waals surface area contributed by atoms with E-state index in [9.17, 15) is 0 Å². The summed E-state index contributed by atoms with van der Waals surface area (Å²) in [6.45, 7) is 6.82. The molecule has 94 valence electrons. The smallest absolute Gasteiger partial charge is 0.0407 e. The molecule has 17 heavy (non-hydrogen) atoms. The Kier molecular flexibility index (Phi) is 5.10. The van der Waals surface area contributed by atoms with Crippen LogP contribution in [0.25, 0.3) is 0 Å². The molecular weight excluding hydrogens is 234 g/mol. The molecule has 1 aromatic rings. The summed E-state index contributed by atoms with van der Waals surface area (Å²) in [7, 11) is 0. The Bertz CT molecular complexity index is 320. The van der Waals surface area contributed by atoms with Crippen molar-refractivity contribution in [1.29, 1.82) is 0 Å². The predicted molar refractivity (Wildman–Crippen MR) is 73.9 cm³/mol. The zero-order valence-electron chi connectivity index (χ0n) is 10.1. The van der Waals surface area contributed by atoms with Gasteiger partial charge in [-0.1, -0.05) is 11.6 Å². The van der Waals surface area contributed by atoms with Crippen molar-refractivity contribution in [3.8, 4) is 0 Å². The van der Waals surface area contributed by atoms with Gasteiger partial charge in [-0.3, -0.25) is 0 Å². The van der Waals surface area contributed by atoms with Crippen LogP contribution in [-0.2, 0) is 0 Å². The van der Waals surface area contributed by atoms with Crippen molar-refractivity contribution in [2.75, 3.05) is 44.6 Å². The highest BCUT2D eigenvalue weighted by atomic mass is 35.5. The van der Waals surface area contributed by atoms with Crippen molar-refractivity contribution in [2.45, 2.75) is 6.42 Å². The van der Waals surface area contributed by atoms with Gasteiger partial charge >= 0.3 is 0 Å². The molecular formula is C13H20ClN3. The molecule has 0 radical (unpaired) electrons. The monoisotopic (exact) mass is 253 g/mol. The number of hydrogen-bond donors (Lipinski definition) is 2. The van der Waals surface area contributed by atoms with E-state index in [1.807, 2.05) is 24.3 Å². The number of nitrogens with zero attached hydrogens (tertiary/aromatic N) is 1. The lowest BCUT2D eigenvalue weighted by molar-refractivity contribution is 0.240. The Labute approximate surface area is 108 Å². The molecule has 0 saturated carbocycles. The van der Waals surface area contributed by atoms with E-state index in [0.29, 0.717) is 0 Å². The molecule has 0 atom stereocenters. The van der Waals surface area contributed by atoms with E-state index in [-0.39, 0.29) is 0 Å². The maximum atomic E-state index is 5.83. The van der Waals surface area contributed by atoms with E-state index in [1.54, 1.807) is 0 Å². The molecule has 3 nitrogen and oxygen atoms in total. The first-order valence-corrected chi connectivity index (χ1v) is 6.65. The number of halogens is 1. The number of piperazine rings is 1. The predicted octanol–water partition coefficient (Wildman–Crippen LogP) is 2.05. The van der Waals surface area contributed by atoms with Gasteiger partial charge in [0.15, 0.2) is 0 Å². The van der Waals surface area contributed by atoms with Gasteiger partial charge in [0, 0.05) is 43.4 Å². The lowest BCUT2D eigenvalue weighted by Gasteiger charge is -2.27. The van der Waals surface area contributed by atoms with Crippen molar-refractivity contribution in [2.24, 2.45) is 0 Å². The number of nitrogens with one attached hydrogen (secondary N) is 2. The van der Waals surface area contributed by atoms with Crippen LogP contribution >= 0.6 is 11.6 Å². The largest absolute Gasteiger partial charge is 0.385 e. The average molecular weight is 254 g/mol. The van der Waals surface area contributed by atoms with Crippen LogP contribution in [0.15, 0.2) is 24.3 Å². The van der Waals surface area contributed by atoms with Gasteiger partial charge in [-0.15, -0.1) is 0 Å². The van der Waals surface area contributed by atoms with Crippen LogP contribution in [0.1, 0.15) is 6.42 Å². The second-order valence-electron chi connectivity index (χ2n) is 4.38. The molecule has 1 aliphatic heterocycles. The van der Waals surface area contributed by atoms with E-state index in [1.165, 1.54) is 26.1 Å². The van der Waals surface area contributed by atoms with E-state index in [4.69, 9.17) is 11.6 Å². The number of rotatable bonds is 5. The van der Waals surface area contributed by atoms with Gasteiger partial charge in [-0.05, 0) is 37.2 Å². The summed E-state index contributed by atoms with van der Waals surface area (Å²) in [6.07, 6.45) is 1.18. The van der Waals surface area contributed by atoms with Crippen LogP contribution in [0.3, 0.4) is 0 Å². The quantitative estimate of drug-likeness (QED) is 0.787. The SMILES string of the molecule is Clc1ccc(NCCCN2CCNCC2)cc1. The van der Waals surface area contributed by atoms with Gasteiger partial charge in [0.2, 0.25) is 0 Å². The van der Waals surface area contributed by atoms with Gasteiger partial charge < -0.3 is 15.5 Å². The van der Waals surface area contributed by atoms with E-state index in [2.05, 4.69) is 15.5 Å². The Balaban J connectivity index is 1.60. The molecule has 0 unspecified atom stereocenters. The highest BCUT2D eigenvalue weighted by Crippen LogP contribution is 2.13. The summed E-state index contributed by atoms with van der Waals surface area (Å²) >= 11 is 5.83. The molecule has 2 N–H and O–H groups in total. The van der Waals surface area contributed by atoms with Crippen LogP contribution in [0.4, 0.5) is 5.69 Å². The third kappa shape index (κ3) is 4.54. The minimum Gasteiger partial charge on any atom is -0.385 e. The van der Waals surface area contributed by atoms with Crippen LogP contribution in [-0.4, -0.2) is 44.2 Å². The molecule has 0 aliphatic carbocycles. The molecule has 1 fully saturated rings. The van der Waals surface area contributed by atoms with Gasteiger partial charge in [-0.2, -0.15) is 0 Å². The Hall–Kier alpha value is -0.770. The van der Waals surface area contributed by atoms with E-state index < -0.39 is 0 Å². The second-order valence-corrected chi connectivity index (χ2v) is 4.82. The topological polar surface area (TPSA) is 27.3 Å². The standard InChI is InChI=1S/C13H20ClN3/c14-12-2-4-13(5-3-12)16-6-1-9-17-10-7-15-8-11-17/h2-5,15-16H,1,6-11H2. The number of hydrogen-bond acceptors (Lipinski definition) is 3. The summed E-state index contributed by atoms with van der Waals surface area (Å²) < 4.78 is 0. The maximum Gasteiger partial charge on any atom is 0.0407 e. The fourth-order valence-corrected chi connectivity index (χ4v) is 2.16. The first-order valence-electron chi connectivity index (χ1n) is 6.27. The molecule has 0 bridgehead atoms. The lowest BCUT2D eigenvalue weighted by Crippen LogP contribution is -2.44. The average Bonchev–Trinajstić information content (AvgIpc) is 2.38. The molecule has 0 aromatic heterocycles. The number of anilines is 1. The Morgan fingerprint density at radius 1 is 1.18 bits per heavy atom. The van der Waals surface area contributed by atoms with Crippen LogP contribution < -0.4 is 10.6 Å². The summed E-state index contributed by atoms with van der Waals surface area (Å²) in [5.41, 5.74) is 1.15. The molecule has 1 aliphatic rings. The van der Waals surface area contributed by atoms with E-state index >= 15 is 0 Å². The minimum absolute atomic E-state index is 0.788. The summed E-state index contributed by atoms with van der Waals surface area (Å²) in [6, 6.07) is 7.88. The molecule has 0 spiro atoms. The van der Waals surface area contributed by atoms with Gasteiger partial charge in [0.25, 0.3) is 0 Å². The Morgan fingerprint density at radius 3 is 2.59 bits per heavy atom. The van der Waals surface area contributed by atoms with Crippen molar-refractivity contribution in [1.82, 2.24) is 10.2 Å². The van der Waals surface area contributed by atoms with Crippen LogP contribution in [0.2, 0.25) is 5.02 Å². The fraction of sp³-hybridized carbons (Fsp3) is 0.538. The minimum atomic E-state index is 0.788. The lowest BCUT2D eigenvalue weighted by atomic mass is 10.3. The fourth-order valence-electron chi connectivity index (χ4n) is 2.04. The van der Waals surface area contributed by atoms with Gasteiger partial charge in [0.1, 0.15) is 0 Å². The van der Waals surface area contributed by atoms with Crippen molar-refractivity contribution in [3.05, 3.63) is 29.3 Å². The van der Waals surface area contributed by atoms with Gasteiger partial charge in [0.05, 0.1) is 0 Å². The van der Waals surface area contributed by atoms with Gasteiger partial charge in [-0.25, -0.2) is 0 Å². The van der Waals surface area contributed by atoms with Crippen molar-refractivity contribution in [3.63, 3.8) is 0 Å². The van der Waals surface area contributed by atoms with Crippen molar-refractivity contribution < 1.29 is 0 Å². The van der Waals surface area contributed by atoms with Crippen molar-refractivity contribution >= 4 is 17.3 Å². The molecule has 4 heteroatoms. The molecule has 2 rings (SSSR count). The van der Waals surface area contributed by atoms with Crippen LogP contribution in [0, 0.1) is 0 Å². The van der Waals surface area contributed by atoms with E-state index in [0.717, 1.165) is 30.3 Å². The molecule has 0 amide bonds. The highest BCUT2D eigenvalue weighted by molar-refractivity contribution is 6.30. The first kappa shape index (κ1) is 12.7. The normalized spacial score (nSPS) is 17.0. The number of benzene rings is 1.